The monoisotopic (exact) mass is 267 g/mol. The molecule has 0 radical (unpaired) electrons. The van der Waals surface area contributed by atoms with Gasteiger partial charge in [-0.1, -0.05) is 30.3 Å². The summed E-state index contributed by atoms with van der Waals surface area (Å²) in [6, 6.07) is 9.99. The van der Waals surface area contributed by atoms with Crippen molar-refractivity contribution < 1.29 is 9.53 Å². The standard InChI is InChI=1S/C14H21NO2S/c1-17-14(16)13(15)9-11-18-10-5-8-12-6-3-2-4-7-12/h2-4,6-7,13H,5,8-11,15H2,1H3. The number of aryl methyl sites for hydroxylation is 1. The van der Waals surface area contributed by atoms with E-state index in [-0.39, 0.29) is 5.97 Å². The molecule has 4 heteroatoms. The van der Waals surface area contributed by atoms with E-state index in [4.69, 9.17) is 5.73 Å². The molecule has 0 aliphatic heterocycles. The van der Waals surface area contributed by atoms with E-state index in [1.165, 1.54) is 12.7 Å². The van der Waals surface area contributed by atoms with E-state index >= 15 is 0 Å². The summed E-state index contributed by atoms with van der Waals surface area (Å²) in [6.45, 7) is 0. The number of nitrogens with two attached hydrogens (primary N) is 1. The molecular weight excluding hydrogens is 246 g/mol. The molecule has 1 aromatic rings. The predicted molar refractivity (Wildman–Crippen MR) is 76.7 cm³/mol. The third-order valence-electron chi connectivity index (χ3n) is 2.67. The fourth-order valence-corrected chi connectivity index (χ4v) is 2.58. The first-order valence-electron chi connectivity index (χ1n) is 6.19. The van der Waals surface area contributed by atoms with Crippen LogP contribution in [-0.4, -0.2) is 30.6 Å². The van der Waals surface area contributed by atoms with E-state index in [9.17, 15) is 4.79 Å². The number of methoxy groups -OCH3 is 1. The van der Waals surface area contributed by atoms with Gasteiger partial charge in [0.05, 0.1) is 7.11 Å². The van der Waals surface area contributed by atoms with E-state index in [2.05, 4.69) is 29.0 Å². The molecule has 0 aliphatic rings. The largest absolute Gasteiger partial charge is 0.468 e. The van der Waals surface area contributed by atoms with Crippen LogP contribution in [0.5, 0.6) is 0 Å². The Balaban J connectivity index is 2.01. The molecule has 1 unspecified atom stereocenters. The van der Waals surface area contributed by atoms with E-state index in [1.54, 1.807) is 0 Å². The second-order valence-electron chi connectivity index (χ2n) is 4.12. The van der Waals surface area contributed by atoms with Crippen molar-refractivity contribution in [3.05, 3.63) is 35.9 Å². The first kappa shape index (κ1) is 15.1. The minimum absolute atomic E-state index is 0.320. The number of thioether (sulfide) groups is 1. The number of carbonyl (C=O) groups excluding carboxylic acids is 1. The van der Waals surface area contributed by atoms with Crippen LogP contribution in [0.1, 0.15) is 18.4 Å². The smallest absolute Gasteiger partial charge is 0.322 e. The zero-order valence-electron chi connectivity index (χ0n) is 10.8. The van der Waals surface area contributed by atoms with Gasteiger partial charge in [-0.2, -0.15) is 11.8 Å². The summed E-state index contributed by atoms with van der Waals surface area (Å²) in [5.41, 5.74) is 7.02. The van der Waals surface area contributed by atoms with Crippen LogP contribution in [0.2, 0.25) is 0 Å². The van der Waals surface area contributed by atoms with Gasteiger partial charge in [0, 0.05) is 0 Å². The van der Waals surface area contributed by atoms with Crippen molar-refractivity contribution in [2.45, 2.75) is 25.3 Å². The van der Waals surface area contributed by atoms with Crippen LogP contribution in [0.25, 0.3) is 0 Å². The van der Waals surface area contributed by atoms with Crippen molar-refractivity contribution in [1.29, 1.82) is 0 Å². The maximum atomic E-state index is 11.1. The first-order chi connectivity index (χ1) is 8.74. The van der Waals surface area contributed by atoms with Gasteiger partial charge in [0.1, 0.15) is 6.04 Å². The van der Waals surface area contributed by atoms with Crippen molar-refractivity contribution in [3.8, 4) is 0 Å². The SMILES string of the molecule is COC(=O)C(N)CCSCCCc1ccccc1. The number of hydrogen-bond acceptors (Lipinski definition) is 4. The lowest BCUT2D eigenvalue weighted by atomic mass is 10.1. The summed E-state index contributed by atoms with van der Waals surface area (Å²) < 4.78 is 4.57. The number of ether oxygens (including phenoxy) is 1. The van der Waals surface area contributed by atoms with Gasteiger partial charge in [0.15, 0.2) is 0 Å². The molecule has 100 valence electrons. The normalized spacial score (nSPS) is 12.1. The third kappa shape index (κ3) is 6.07. The van der Waals surface area contributed by atoms with Crippen LogP contribution >= 0.6 is 11.8 Å². The van der Waals surface area contributed by atoms with Gasteiger partial charge >= 0.3 is 5.97 Å². The van der Waals surface area contributed by atoms with Crippen molar-refractivity contribution in [1.82, 2.24) is 0 Å². The number of benzene rings is 1. The molecule has 0 aromatic heterocycles. The van der Waals surface area contributed by atoms with Gasteiger partial charge in [0.2, 0.25) is 0 Å². The number of esters is 1. The highest BCUT2D eigenvalue weighted by atomic mass is 32.2. The van der Waals surface area contributed by atoms with Gasteiger partial charge in [-0.05, 0) is 36.3 Å². The van der Waals surface area contributed by atoms with Crippen molar-refractivity contribution in [3.63, 3.8) is 0 Å². The van der Waals surface area contributed by atoms with Crippen LogP contribution in [0.4, 0.5) is 0 Å². The number of carbonyl (C=O) groups is 1. The first-order valence-corrected chi connectivity index (χ1v) is 7.34. The van der Waals surface area contributed by atoms with Crippen LogP contribution in [0, 0.1) is 0 Å². The molecule has 0 fully saturated rings. The van der Waals surface area contributed by atoms with Gasteiger partial charge in [-0.15, -0.1) is 0 Å². The van der Waals surface area contributed by atoms with Crippen LogP contribution in [-0.2, 0) is 16.0 Å². The summed E-state index contributed by atoms with van der Waals surface area (Å²) in [7, 11) is 1.37. The van der Waals surface area contributed by atoms with Crippen LogP contribution < -0.4 is 5.73 Å². The quantitative estimate of drug-likeness (QED) is 0.580. The Hall–Kier alpha value is -1.00. The number of rotatable bonds is 8. The molecule has 2 N–H and O–H groups in total. The molecule has 1 atom stereocenters. The Kier molecular flexibility index (Phi) is 7.53. The summed E-state index contributed by atoms with van der Waals surface area (Å²) >= 11 is 1.84. The zero-order valence-corrected chi connectivity index (χ0v) is 11.6. The third-order valence-corrected chi connectivity index (χ3v) is 3.78. The predicted octanol–water partition coefficient (Wildman–Crippen LogP) is 2.24. The summed E-state index contributed by atoms with van der Waals surface area (Å²) in [5, 5.41) is 0. The van der Waals surface area contributed by atoms with E-state index in [0.29, 0.717) is 6.42 Å². The second-order valence-corrected chi connectivity index (χ2v) is 5.34. The molecule has 0 saturated heterocycles. The molecule has 0 bridgehead atoms. The summed E-state index contributed by atoms with van der Waals surface area (Å²) in [5.74, 6) is 1.69. The highest BCUT2D eigenvalue weighted by Crippen LogP contribution is 2.10. The van der Waals surface area contributed by atoms with Gasteiger partial charge in [0.25, 0.3) is 0 Å². The fraction of sp³-hybridized carbons (Fsp3) is 0.500. The molecule has 18 heavy (non-hydrogen) atoms. The average Bonchev–Trinajstić information content (AvgIpc) is 2.42. The maximum Gasteiger partial charge on any atom is 0.322 e. The van der Waals surface area contributed by atoms with E-state index in [1.807, 2.05) is 17.8 Å². The fourth-order valence-electron chi connectivity index (χ4n) is 1.60. The van der Waals surface area contributed by atoms with Gasteiger partial charge in [-0.25, -0.2) is 0 Å². The van der Waals surface area contributed by atoms with E-state index < -0.39 is 6.04 Å². The van der Waals surface area contributed by atoms with Crippen molar-refractivity contribution in [2.75, 3.05) is 18.6 Å². The molecule has 1 rings (SSSR count). The minimum Gasteiger partial charge on any atom is -0.468 e. The topological polar surface area (TPSA) is 52.3 Å². The Morgan fingerprint density at radius 3 is 2.72 bits per heavy atom. The second kappa shape index (κ2) is 9.00. The average molecular weight is 267 g/mol. The lowest BCUT2D eigenvalue weighted by Crippen LogP contribution is -2.32. The molecular formula is C14H21NO2S. The molecule has 3 nitrogen and oxygen atoms in total. The number of hydrogen-bond donors (Lipinski definition) is 1. The van der Waals surface area contributed by atoms with Gasteiger partial charge < -0.3 is 10.5 Å². The lowest BCUT2D eigenvalue weighted by molar-refractivity contribution is -0.142. The van der Waals surface area contributed by atoms with Crippen LogP contribution in [0.15, 0.2) is 30.3 Å². The molecule has 0 spiro atoms. The lowest BCUT2D eigenvalue weighted by Gasteiger charge is -2.08. The van der Waals surface area contributed by atoms with E-state index in [0.717, 1.165) is 24.3 Å². The molecule has 0 saturated carbocycles. The molecule has 0 aliphatic carbocycles. The highest BCUT2D eigenvalue weighted by Gasteiger charge is 2.12. The summed E-state index contributed by atoms with van der Waals surface area (Å²) in [4.78, 5) is 11.1. The maximum absolute atomic E-state index is 11.1. The van der Waals surface area contributed by atoms with Crippen molar-refractivity contribution in [2.24, 2.45) is 5.73 Å². The highest BCUT2D eigenvalue weighted by molar-refractivity contribution is 7.99. The molecule has 0 heterocycles. The Morgan fingerprint density at radius 2 is 2.06 bits per heavy atom. The Morgan fingerprint density at radius 1 is 1.33 bits per heavy atom. The van der Waals surface area contributed by atoms with Gasteiger partial charge in [-0.3, -0.25) is 4.79 Å². The molecule has 0 amide bonds. The van der Waals surface area contributed by atoms with Crippen LogP contribution in [0.3, 0.4) is 0 Å². The Bertz CT molecular complexity index is 343. The minimum atomic E-state index is -0.475. The molecule has 1 aromatic carbocycles. The summed E-state index contributed by atoms with van der Waals surface area (Å²) in [6.07, 6.45) is 2.95. The zero-order chi connectivity index (χ0) is 13.2. The Labute approximate surface area is 113 Å². The van der Waals surface area contributed by atoms with Crippen molar-refractivity contribution >= 4 is 17.7 Å².